The van der Waals surface area contributed by atoms with E-state index in [4.69, 9.17) is 10.6 Å². The number of hydrogen-bond acceptors (Lipinski definition) is 3. The molecule has 0 saturated heterocycles. The lowest BCUT2D eigenvalue weighted by atomic mass is 9.76. The number of nitrogens with one attached hydrogen (secondary N) is 1. The van der Waals surface area contributed by atoms with Crippen LogP contribution in [0.1, 0.15) is 55.3 Å². The number of methoxy groups -OCH3 is 1. The van der Waals surface area contributed by atoms with Crippen LogP contribution in [-0.2, 0) is 0 Å². The summed E-state index contributed by atoms with van der Waals surface area (Å²) in [5.41, 5.74) is 6.99. The third kappa shape index (κ3) is 2.63. The monoisotopic (exact) mass is 262 g/mol. The summed E-state index contributed by atoms with van der Waals surface area (Å²) >= 11 is 0. The van der Waals surface area contributed by atoms with Crippen molar-refractivity contribution in [2.24, 2.45) is 11.3 Å². The van der Waals surface area contributed by atoms with Crippen molar-refractivity contribution in [2.45, 2.75) is 52.5 Å². The van der Waals surface area contributed by atoms with Crippen LogP contribution in [0.15, 0.2) is 12.1 Å². The molecule has 1 unspecified atom stereocenters. The van der Waals surface area contributed by atoms with E-state index in [1.807, 2.05) is 0 Å². The third-order valence-electron chi connectivity index (χ3n) is 4.61. The Morgan fingerprint density at radius 1 is 1.26 bits per heavy atom. The second-order valence-electron chi connectivity index (χ2n) is 6.16. The maximum absolute atomic E-state index is 5.89. The Kier molecular flexibility index (Phi) is 4.16. The van der Waals surface area contributed by atoms with Crippen LogP contribution in [0.25, 0.3) is 0 Å². The van der Waals surface area contributed by atoms with Crippen LogP contribution >= 0.6 is 0 Å². The number of benzene rings is 1. The number of rotatable bonds is 4. The molecule has 3 heteroatoms. The van der Waals surface area contributed by atoms with E-state index in [-0.39, 0.29) is 11.5 Å². The van der Waals surface area contributed by atoms with E-state index in [0.29, 0.717) is 0 Å². The fraction of sp³-hybridized carbons (Fsp3) is 0.625. The highest BCUT2D eigenvalue weighted by molar-refractivity contribution is 5.46. The van der Waals surface area contributed by atoms with Gasteiger partial charge in [0.25, 0.3) is 0 Å². The maximum Gasteiger partial charge on any atom is 0.124 e. The van der Waals surface area contributed by atoms with E-state index in [2.05, 4.69) is 38.3 Å². The molecule has 0 aromatic heterocycles. The first-order valence-electron chi connectivity index (χ1n) is 7.13. The zero-order valence-corrected chi connectivity index (χ0v) is 12.5. The molecule has 1 fully saturated rings. The molecular weight excluding hydrogens is 236 g/mol. The second-order valence-corrected chi connectivity index (χ2v) is 6.16. The lowest BCUT2D eigenvalue weighted by molar-refractivity contribution is 0.219. The number of hydrogen-bond donors (Lipinski definition) is 2. The molecule has 106 valence electrons. The average Bonchev–Trinajstić information content (AvgIpc) is 2.80. The largest absolute Gasteiger partial charge is 0.496 e. The Hall–Kier alpha value is -1.06. The van der Waals surface area contributed by atoms with E-state index in [0.717, 1.165) is 5.75 Å². The van der Waals surface area contributed by atoms with Crippen molar-refractivity contribution in [1.82, 2.24) is 5.43 Å². The summed E-state index contributed by atoms with van der Waals surface area (Å²) in [7, 11) is 1.74. The molecule has 1 aromatic rings. The molecule has 1 saturated carbocycles. The number of hydrazine groups is 1. The van der Waals surface area contributed by atoms with Gasteiger partial charge in [0.15, 0.2) is 0 Å². The molecule has 2 rings (SSSR count). The summed E-state index contributed by atoms with van der Waals surface area (Å²) in [6.07, 6.45) is 5.03. The molecule has 1 aromatic carbocycles. The maximum atomic E-state index is 5.89. The van der Waals surface area contributed by atoms with Gasteiger partial charge in [0, 0.05) is 5.56 Å². The standard InChI is InChI=1S/C16H26N2O/c1-11-9-12(2)14(13(10-11)19-4)15(18-17)16(3)7-5-6-8-16/h9-10,15,18H,5-8,17H2,1-4H3. The topological polar surface area (TPSA) is 47.3 Å². The van der Waals surface area contributed by atoms with Gasteiger partial charge in [0.05, 0.1) is 13.2 Å². The Balaban J connectivity index is 2.48. The van der Waals surface area contributed by atoms with Gasteiger partial charge >= 0.3 is 0 Å². The van der Waals surface area contributed by atoms with Gasteiger partial charge in [-0.15, -0.1) is 0 Å². The average molecular weight is 262 g/mol. The highest BCUT2D eigenvalue weighted by Crippen LogP contribution is 2.49. The molecule has 19 heavy (non-hydrogen) atoms. The Labute approximate surface area is 116 Å². The van der Waals surface area contributed by atoms with Crippen LogP contribution in [0.5, 0.6) is 5.75 Å². The molecule has 0 radical (unpaired) electrons. The van der Waals surface area contributed by atoms with Crippen molar-refractivity contribution in [2.75, 3.05) is 7.11 Å². The molecule has 0 bridgehead atoms. The minimum atomic E-state index is 0.158. The normalized spacial score (nSPS) is 19.4. The van der Waals surface area contributed by atoms with Gasteiger partial charge in [0.1, 0.15) is 5.75 Å². The van der Waals surface area contributed by atoms with E-state index < -0.39 is 0 Å². The molecule has 0 amide bonds. The molecule has 3 N–H and O–H groups in total. The number of aryl methyl sites for hydroxylation is 2. The summed E-state index contributed by atoms with van der Waals surface area (Å²) in [5.74, 6) is 6.85. The summed E-state index contributed by atoms with van der Waals surface area (Å²) in [6, 6.07) is 4.47. The van der Waals surface area contributed by atoms with Crippen molar-refractivity contribution in [3.63, 3.8) is 0 Å². The number of nitrogens with two attached hydrogens (primary N) is 1. The first kappa shape index (κ1) is 14.4. The van der Waals surface area contributed by atoms with Crippen molar-refractivity contribution in [3.05, 3.63) is 28.8 Å². The SMILES string of the molecule is COc1cc(C)cc(C)c1C(NN)C1(C)CCCC1. The van der Waals surface area contributed by atoms with E-state index in [1.54, 1.807) is 7.11 Å². The summed E-state index contributed by atoms with van der Waals surface area (Å²) < 4.78 is 5.60. The van der Waals surface area contributed by atoms with Gasteiger partial charge in [-0.05, 0) is 49.3 Å². The Morgan fingerprint density at radius 3 is 2.42 bits per heavy atom. The molecular formula is C16H26N2O. The quantitative estimate of drug-likeness (QED) is 0.646. The minimum Gasteiger partial charge on any atom is -0.496 e. The van der Waals surface area contributed by atoms with Crippen molar-refractivity contribution in [3.8, 4) is 5.75 Å². The first-order chi connectivity index (χ1) is 9.01. The van der Waals surface area contributed by atoms with E-state index in [1.165, 1.54) is 42.4 Å². The second kappa shape index (κ2) is 5.51. The summed E-state index contributed by atoms with van der Waals surface area (Å²) in [5, 5.41) is 0. The molecule has 0 spiro atoms. The Morgan fingerprint density at radius 2 is 1.89 bits per heavy atom. The number of ether oxygens (including phenoxy) is 1. The fourth-order valence-corrected chi connectivity index (χ4v) is 3.58. The van der Waals surface area contributed by atoms with Crippen molar-refractivity contribution >= 4 is 0 Å². The van der Waals surface area contributed by atoms with E-state index in [9.17, 15) is 0 Å². The van der Waals surface area contributed by atoms with Gasteiger partial charge < -0.3 is 4.74 Å². The lowest BCUT2D eigenvalue weighted by Crippen LogP contribution is -2.39. The molecule has 3 nitrogen and oxygen atoms in total. The zero-order chi connectivity index (χ0) is 14.0. The van der Waals surface area contributed by atoms with Gasteiger partial charge in [0.2, 0.25) is 0 Å². The predicted octanol–water partition coefficient (Wildman–Crippen LogP) is 3.40. The van der Waals surface area contributed by atoms with Crippen LogP contribution in [0.2, 0.25) is 0 Å². The minimum absolute atomic E-state index is 0.158. The third-order valence-corrected chi connectivity index (χ3v) is 4.61. The molecule has 1 aliphatic carbocycles. The van der Waals surface area contributed by atoms with Crippen LogP contribution in [-0.4, -0.2) is 7.11 Å². The van der Waals surface area contributed by atoms with Crippen LogP contribution in [0.3, 0.4) is 0 Å². The highest BCUT2D eigenvalue weighted by Gasteiger charge is 2.39. The molecule has 0 aliphatic heterocycles. The first-order valence-corrected chi connectivity index (χ1v) is 7.13. The zero-order valence-electron chi connectivity index (χ0n) is 12.5. The van der Waals surface area contributed by atoms with Crippen molar-refractivity contribution in [1.29, 1.82) is 0 Å². The predicted molar refractivity (Wildman–Crippen MR) is 79.1 cm³/mol. The smallest absolute Gasteiger partial charge is 0.124 e. The van der Waals surface area contributed by atoms with Crippen LogP contribution < -0.4 is 16.0 Å². The highest BCUT2D eigenvalue weighted by atomic mass is 16.5. The van der Waals surface area contributed by atoms with Crippen LogP contribution in [0.4, 0.5) is 0 Å². The van der Waals surface area contributed by atoms with Crippen LogP contribution in [0, 0.1) is 19.3 Å². The lowest BCUT2D eigenvalue weighted by Gasteiger charge is -2.35. The van der Waals surface area contributed by atoms with Gasteiger partial charge in [-0.25, -0.2) is 0 Å². The molecule has 1 aliphatic rings. The fourth-order valence-electron chi connectivity index (χ4n) is 3.58. The molecule has 1 atom stereocenters. The van der Waals surface area contributed by atoms with E-state index >= 15 is 0 Å². The summed E-state index contributed by atoms with van der Waals surface area (Å²) in [6.45, 7) is 6.58. The van der Waals surface area contributed by atoms with Crippen molar-refractivity contribution < 1.29 is 4.74 Å². The summed E-state index contributed by atoms with van der Waals surface area (Å²) in [4.78, 5) is 0. The van der Waals surface area contributed by atoms with Gasteiger partial charge in [-0.2, -0.15) is 0 Å². The van der Waals surface area contributed by atoms with Gasteiger partial charge in [-0.1, -0.05) is 25.8 Å². The Bertz CT molecular complexity index is 450. The van der Waals surface area contributed by atoms with Gasteiger partial charge in [-0.3, -0.25) is 11.3 Å². The molecule has 0 heterocycles.